The van der Waals surface area contributed by atoms with Gasteiger partial charge in [-0.25, -0.2) is 4.79 Å². The molecule has 1 aromatic carbocycles. The zero-order valence-electron chi connectivity index (χ0n) is 18.5. The van der Waals surface area contributed by atoms with Crippen LogP contribution >= 0.6 is 0 Å². The molecule has 1 aliphatic heterocycles. The molecule has 2 aromatic heterocycles. The van der Waals surface area contributed by atoms with Crippen LogP contribution in [0.25, 0.3) is 0 Å². The fourth-order valence-electron chi connectivity index (χ4n) is 3.57. The second kappa shape index (κ2) is 10.3. The molecular weight excluding hydrogens is 469 g/mol. The summed E-state index contributed by atoms with van der Waals surface area (Å²) in [6.45, 7) is 1.70. The van der Waals surface area contributed by atoms with Crippen LogP contribution in [0, 0.1) is 0 Å². The Morgan fingerprint density at radius 1 is 1.20 bits per heavy atom. The molecule has 0 radical (unpaired) electrons. The van der Waals surface area contributed by atoms with Crippen LogP contribution in [0.15, 0.2) is 47.1 Å². The number of rotatable bonds is 6. The van der Waals surface area contributed by atoms with Gasteiger partial charge in [0.25, 0.3) is 5.91 Å². The predicted molar refractivity (Wildman–Crippen MR) is 115 cm³/mol. The highest BCUT2D eigenvalue weighted by Gasteiger charge is 2.38. The van der Waals surface area contributed by atoms with E-state index in [0.29, 0.717) is 24.8 Å². The van der Waals surface area contributed by atoms with Crippen molar-refractivity contribution in [2.45, 2.75) is 44.0 Å². The molecule has 0 bridgehead atoms. The number of alkyl halides is 3. The lowest BCUT2D eigenvalue weighted by Crippen LogP contribution is -2.32. The lowest BCUT2D eigenvalue weighted by Gasteiger charge is -2.21. The molecule has 9 nitrogen and oxygen atoms in total. The van der Waals surface area contributed by atoms with Crippen LogP contribution in [-0.4, -0.2) is 51.2 Å². The topological polar surface area (TPSA) is 119 Å². The van der Waals surface area contributed by atoms with Gasteiger partial charge in [0.1, 0.15) is 11.9 Å². The van der Waals surface area contributed by atoms with E-state index in [-0.39, 0.29) is 12.0 Å². The highest BCUT2D eigenvalue weighted by Crippen LogP contribution is 2.40. The smallest absolute Gasteiger partial charge is 0.475 e. The number of aromatic nitrogens is 3. The summed E-state index contributed by atoms with van der Waals surface area (Å²) in [5, 5.41) is 18.6. The first-order chi connectivity index (χ1) is 16.7. The molecule has 186 valence electrons. The van der Waals surface area contributed by atoms with Gasteiger partial charge in [-0.15, -0.1) is 0 Å². The maximum absolute atomic E-state index is 12.4. The van der Waals surface area contributed by atoms with Gasteiger partial charge in [-0.2, -0.15) is 18.3 Å². The molecular formula is C23H23F3N4O5. The van der Waals surface area contributed by atoms with Crippen molar-refractivity contribution in [1.82, 2.24) is 20.3 Å². The summed E-state index contributed by atoms with van der Waals surface area (Å²) in [5.74, 6) is -1.75. The summed E-state index contributed by atoms with van der Waals surface area (Å²) >= 11 is 0. The average molecular weight is 492 g/mol. The van der Waals surface area contributed by atoms with Gasteiger partial charge in [0, 0.05) is 24.7 Å². The number of benzene rings is 1. The summed E-state index contributed by atoms with van der Waals surface area (Å²) in [7, 11) is 0. The van der Waals surface area contributed by atoms with E-state index in [1.165, 1.54) is 11.1 Å². The fraction of sp³-hybridized carbons (Fsp3) is 0.391. The van der Waals surface area contributed by atoms with Gasteiger partial charge in [-0.3, -0.25) is 9.48 Å². The summed E-state index contributed by atoms with van der Waals surface area (Å²) in [5.41, 5.74) is 3.61. The number of hydrogen-bond donors (Lipinski definition) is 2. The molecule has 12 heteroatoms. The van der Waals surface area contributed by atoms with Crippen molar-refractivity contribution in [1.29, 1.82) is 0 Å². The van der Waals surface area contributed by atoms with Crippen LogP contribution in [0.1, 0.15) is 57.9 Å². The molecule has 2 N–H and O–H groups in total. The number of nitrogens with zero attached hydrogens (tertiary/aromatic N) is 3. The van der Waals surface area contributed by atoms with Crippen LogP contribution in [0.2, 0.25) is 0 Å². The van der Waals surface area contributed by atoms with E-state index in [0.717, 1.165) is 37.3 Å². The molecule has 0 spiro atoms. The minimum atomic E-state index is -5.08. The van der Waals surface area contributed by atoms with Gasteiger partial charge >= 0.3 is 12.1 Å². The number of amides is 1. The first kappa shape index (κ1) is 24.5. The third-order valence-electron chi connectivity index (χ3n) is 5.48. The summed E-state index contributed by atoms with van der Waals surface area (Å²) < 4.78 is 44.8. The van der Waals surface area contributed by atoms with Crippen molar-refractivity contribution >= 4 is 11.9 Å². The van der Waals surface area contributed by atoms with Crippen molar-refractivity contribution in [3.05, 3.63) is 70.9 Å². The van der Waals surface area contributed by atoms with E-state index in [4.69, 9.17) is 24.3 Å². The molecule has 3 aromatic rings. The van der Waals surface area contributed by atoms with Gasteiger partial charge in [0.2, 0.25) is 0 Å². The first-order valence-electron chi connectivity index (χ1n) is 11.0. The van der Waals surface area contributed by atoms with Crippen molar-refractivity contribution in [3.8, 4) is 0 Å². The minimum absolute atomic E-state index is 0.241. The second-order valence-corrected chi connectivity index (χ2v) is 8.23. The Bertz CT molecular complexity index is 1170. The number of carboxylic acids is 1. The van der Waals surface area contributed by atoms with E-state index in [2.05, 4.69) is 28.8 Å². The largest absolute Gasteiger partial charge is 0.490 e. The van der Waals surface area contributed by atoms with Gasteiger partial charge < -0.3 is 19.7 Å². The number of carboxylic acid groups (broad SMARTS) is 1. The van der Waals surface area contributed by atoms with Crippen LogP contribution < -0.4 is 5.32 Å². The monoisotopic (exact) mass is 492 g/mol. The Morgan fingerprint density at radius 2 is 1.91 bits per heavy atom. The zero-order chi connectivity index (χ0) is 25.0. The van der Waals surface area contributed by atoms with Crippen LogP contribution in [0.5, 0.6) is 0 Å². The standard InChI is InChI=1S/C21H22N4O3.C2HF3O2/c26-21(17-10-18(28-24-17)15-6-7-15)22-11-19-20-16(8-9-27-19)13-25(23-20)12-14-4-2-1-3-5-14;3-2(4,5)1(6)7/h1-5,10,13,15,19H,6-9,11-12H2,(H,22,26);(H,6,7). The number of fused-ring (bicyclic) bond motifs is 1. The normalized spacial score (nSPS) is 17.2. The summed E-state index contributed by atoms with van der Waals surface area (Å²) in [6.07, 6.45) is -0.192. The minimum Gasteiger partial charge on any atom is -0.475 e. The summed E-state index contributed by atoms with van der Waals surface area (Å²) in [4.78, 5) is 21.3. The number of carbonyl (C=O) groups is 2. The Balaban J connectivity index is 0.000000364. The third-order valence-corrected chi connectivity index (χ3v) is 5.48. The van der Waals surface area contributed by atoms with Crippen LogP contribution in [-0.2, 0) is 22.5 Å². The molecule has 1 unspecified atom stereocenters. The number of ether oxygens (including phenoxy) is 1. The molecule has 0 saturated heterocycles. The molecule has 1 atom stereocenters. The molecule has 35 heavy (non-hydrogen) atoms. The number of hydrogen-bond acceptors (Lipinski definition) is 6. The zero-order valence-corrected chi connectivity index (χ0v) is 18.5. The third kappa shape index (κ3) is 6.47. The van der Waals surface area contributed by atoms with Crippen LogP contribution in [0.3, 0.4) is 0 Å². The van der Waals surface area contributed by atoms with Gasteiger partial charge in [0.15, 0.2) is 5.69 Å². The van der Waals surface area contributed by atoms with Crippen molar-refractivity contribution < 1.29 is 37.1 Å². The quantitative estimate of drug-likeness (QED) is 0.541. The van der Waals surface area contributed by atoms with E-state index in [1.54, 1.807) is 6.07 Å². The SMILES string of the molecule is O=C(NCC1OCCc2cn(Cc3ccccc3)nc21)c1cc(C2CC2)on1.O=C(O)C(F)(F)F. The van der Waals surface area contributed by atoms with E-state index < -0.39 is 12.1 Å². The molecule has 3 heterocycles. The Kier molecular flexibility index (Phi) is 7.20. The highest BCUT2D eigenvalue weighted by molar-refractivity contribution is 5.92. The molecule has 1 amide bonds. The lowest BCUT2D eigenvalue weighted by atomic mass is 10.1. The van der Waals surface area contributed by atoms with E-state index >= 15 is 0 Å². The Labute approximate surface area is 197 Å². The molecule has 1 fully saturated rings. The highest BCUT2D eigenvalue weighted by atomic mass is 19.4. The molecule has 2 aliphatic rings. The van der Waals surface area contributed by atoms with Crippen molar-refractivity contribution in [3.63, 3.8) is 0 Å². The summed E-state index contributed by atoms with van der Waals surface area (Å²) in [6, 6.07) is 12.0. The van der Waals surface area contributed by atoms with Gasteiger partial charge in [-0.1, -0.05) is 35.5 Å². The van der Waals surface area contributed by atoms with E-state index in [1.807, 2.05) is 22.9 Å². The number of carbonyl (C=O) groups excluding carboxylic acids is 1. The van der Waals surface area contributed by atoms with Gasteiger partial charge in [0.05, 0.1) is 18.8 Å². The Morgan fingerprint density at radius 3 is 2.57 bits per heavy atom. The van der Waals surface area contributed by atoms with Crippen molar-refractivity contribution in [2.75, 3.05) is 13.2 Å². The number of aliphatic carboxylic acids is 1. The van der Waals surface area contributed by atoms with E-state index in [9.17, 15) is 18.0 Å². The average Bonchev–Trinajstić information content (AvgIpc) is 3.40. The maximum atomic E-state index is 12.4. The number of nitrogens with one attached hydrogen (secondary N) is 1. The second-order valence-electron chi connectivity index (χ2n) is 8.23. The molecule has 5 rings (SSSR count). The first-order valence-corrected chi connectivity index (χ1v) is 11.0. The lowest BCUT2D eigenvalue weighted by molar-refractivity contribution is -0.192. The maximum Gasteiger partial charge on any atom is 0.490 e. The predicted octanol–water partition coefficient (Wildman–Crippen LogP) is 3.47. The fourth-order valence-corrected chi connectivity index (χ4v) is 3.57. The van der Waals surface area contributed by atoms with Crippen molar-refractivity contribution in [2.24, 2.45) is 0 Å². The Hall–Kier alpha value is -3.67. The number of halogens is 3. The molecule has 1 aliphatic carbocycles. The van der Waals surface area contributed by atoms with Crippen LogP contribution in [0.4, 0.5) is 13.2 Å². The molecule has 1 saturated carbocycles. The van der Waals surface area contributed by atoms with Gasteiger partial charge in [-0.05, 0) is 30.4 Å².